The van der Waals surface area contributed by atoms with Gasteiger partial charge in [-0.15, -0.1) is 0 Å². The molecule has 2 atom stereocenters. The molecule has 1 amide bonds. The number of hydrogen-bond acceptors (Lipinski definition) is 5. The highest BCUT2D eigenvalue weighted by molar-refractivity contribution is 7.91. The maximum atomic E-state index is 12.3. The molecule has 0 saturated carbocycles. The first kappa shape index (κ1) is 17.5. The Morgan fingerprint density at radius 3 is 2.43 bits per heavy atom. The first-order chi connectivity index (χ1) is 10.8. The second-order valence-corrected chi connectivity index (χ2v) is 8.22. The number of ether oxygens (including phenoxy) is 1. The van der Waals surface area contributed by atoms with Crippen LogP contribution < -0.4 is 0 Å². The van der Waals surface area contributed by atoms with Crippen molar-refractivity contribution in [2.75, 3.05) is 25.6 Å². The molecule has 23 heavy (non-hydrogen) atoms. The number of rotatable bonds is 5. The summed E-state index contributed by atoms with van der Waals surface area (Å²) in [6.07, 6.45) is -0.519. The van der Waals surface area contributed by atoms with Gasteiger partial charge >= 0.3 is 5.97 Å². The second kappa shape index (κ2) is 7.12. The molecule has 0 aliphatic carbocycles. The number of sulfone groups is 1. The maximum Gasteiger partial charge on any atom is 0.307 e. The van der Waals surface area contributed by atoms with Gasteiger partial charge in [0.05, 0.1) is 11.5 Å². The first-order valence-corrected chi connectivity index (χ1v) is 9.26. The third-order valence-electron chi connectivity index (χ3n) is 3.80. The monoisotopic (exact) mass is 339 g/mol. The smallest absolute Gasteiger partial charge is 0.307 e. The molecule has 0 aromatic heterocycles. The van der Waals surface area contributed by atoms with Crippen LogP contribution in [0.4, 0.5) is 0 Å². The van der Waals surface area contributed by atoms with Gasteiger partial charge in [0.15, 0.2) is 9.84 Å². The SMILES string of the molecule is CN(C)C(=O)C(OC(=O)CC1CCS(=O)(=O)C1)c1ccccc1. The molecule has 126 valence electrons. The van der Waals surface area contributed by atoms with Crippen LogP contribution in [0.3, 0.4) is 0 Å². The van der Waals surface area contributed by atoms with Gasteiger partial charge in [-0.05, 0) is 12.3 Å². The van der Waals surface area contributed by atoms with Gasteiger partial charge in [0, 0.05) is 26.1 Å². The number of benzene rings is 1. The van der Waals surface area contributed by atoms with Crippen LogP contribution >= 0.6 is 0 Å². The Labute approximate surface area is 136 Å². The van der Waals surface area contributed by atoms with Crippen molar-refractivity contribution < 1.29 is 22.7 Å². The van der Waals surface area contributed by atoms with Crippen molar-refractivity contribution in [3.8, 4) is 0 Å². The topological polar surface area (TPSA) is 80.8 Å². The summed E-state index contributed by atoms with van der Waals surface area (Å²) in [6.45, 7) is 0. The van der Waals surface area contributed by atoms with E-state index in [9.17, 15) is 18.0 Å². The van der Waals surface area contributed by atoms with E-state index in [1.807, 2.05) is 6.07 Å². The van der Waals surface area contributed by atoms with Crippen LogP contribution in [0.2, 0.25) is 0 Å². The minimum absolute atomic E-state index is 0.0136. The van der Waals surface area contributed by atoms with Gasteiger partial charge in [0.2, 0.25) is 6.10 Å². The molecule has 1 aliphatic rings. The molecule has 1 heterocycles. The number of hydrogen-bond donors (Lipinski definition) is 0. The van der Waals surface area contributed by atoms with Crippen molar-refractivity contribution in [1.82, 2.24) is 4.90 Å². The van der Waals surface area contributed by atoms with Crippen molar-refractivity contribution in [3.05, 3.63) is 35.9 Å². The molecule has 1 saturated heterocycles. The van der Waals surface area contributed by atoms with Crippen molar-refractivity contribution in [2.24, 2.45) is 5.92 Å². The molecule has 1 aromatic rings. The lowest BCUT2D eigenvalue weighted by Gasteiger charge is -2.21. The highest BCUT2D eigenvalue weighted by atomic mass is 32.2. The highest BCUT2D eigenvalue weighted by Gasteiger charge is 2.32. The van der Waals surface area contributed by atoms with E-state index in [1.54, 1.807) is 38.4 Å². The number of esters is 1. The lowest BCUT2D eigenvalue weighted by molar-refractivity contribution is -0.160. The van der Waals surface area contributed by atoms with Crippen LogP contribution in [0, 0.1) is 5.92 Å². The molecule has 6 nitrogen and oxygen atoms in total. The lowest BCUT2D eigenvalue weighted by Crippen LogP contribution is -2.31. The molecule has 1 aliphatic heterocycles. The number of carbonyl (C=O) groups is 2. The average molecular weight is 339 g/mol. The standard InChI is InChI=1S/C16H21NO5S/c1-17(2)16(19)15(13-6-4-3-5-7-13)22-14(18)10-12-8-9-23(20,21)11-12/h3-7,12,15H,8-11H2,1-2H3. The summed E-state index contributed by atoms with van der Waals surface area (Å²) in [6, 6.07) is 8.79. The Morgan fingerprint density at radius 1 is 1.26 bits per heavy atom. The van der Waals surface area contributed by atoms with E-state index in [0.717, 1.165) is 0 Å². The number of carbonyl (C=O) groups excluding carboxylic acids is 2. The van der Waals surface area contributed by atoms with Crippen molar-refractivity contribution in [3.63, 3.8) is 0 Å². The highest BCUT2D eigenvalue weighted by Crippen LogP contribution is 2.25. The largest absolute Gasteiger partial charge is 0.447 e. The lowest BCUT2D eigenvalue weighted by atomic mass is 10.1. The summed E-state index contributed by atoms with van der Waals surface area (Å²) in [5.74, 6) is -0.971. The summed E-state index contributed by atoms with van der Waals surface area (Å²) >= 11 is 0. The van der Waals surface area contributed by atoms with Crippen molar-refractivity contribution in [1.29, 1.82) is 0 Å². The van der Waals surface area contributed by atoms with Gasteiger partial charge in [0.1, 0.15) is 0 Å². The van der Waals surface area contributed by atoms with Gasteiger partial charge < -0.3 is 9.64 Å². The minimum Gasteiger partial charge on any atom is -0.447 e. The van der Waals surface area contributed by atoms with E-state index in [2.05, 4.69) is 0 Å². The van der Waals surface area contributed by atoms with Gasteiger partial charge in [-0.1, -0.05) is 30.3 Å². The predicted molar refractivity (Wildman–Crippen MR) is 85.3 cm³/mol. The van der Waals surface area contributed by atoms with Gasteiger partial charge in [-0.25, -0.2) is 8.42 Å². The fraction of sp³-hybridized carbons (Fsp3) is 0.500. The fourth-order valence-electron chi connectivity index (χ4n) is 2.57. The molecule has 1 fully saturated rings. The molecule has 2 rings (SSSR count). The Balaban J connectivity index is 2.06. The van der Waals surface area contributed by atoms with E-state index in [1.165, 1.54) is 4.90 Å². The van der Waals surface area contributed by atoms with E-state index < -0.39 is 21.9 Å². The molecular weight excluding hydrogens is 318 g/mol. The van der Waals surface area contributed by atoms with E-state index in [4.69, 9.17) is 4.74 Å². The number of amides is 1. The van der Waals surface area contributed by atoms with Crippen molar-refractivity contribution >= 4 is 21.7 Å². The Bertz CT molecular complexity index is 669. The molecule has 0 spiro atoms. The van der Waals surface area contributed by atoms with Crippen molar-refractivity contribution in [2.45, 2.75) is 18.9 Å². The van der Waals surface area contributed by atoms with E-state index >= 15 is 0 Å². The normalized spacial score (nSPS) is 20.7. The summed E-state index contributed by atoms with van der Waals surface area (Å²) in [5, 5.41) is 0. The van der Waals surface area contributed by atoms with Crippen LogP contribution in [0.25, 0.3) is 0 Å². The van der Waals surface area contributed by atoms with Crippen LogP contribution in [0.5, 0.6) is 0 Å². The zero-order valence-corrected chi connectivity index (χ0v) is 14.1. The molecule has 0 bridgehead atoms. The Morgan fingerprint density at radius 2 is 1.91 bits per heavy atom. The zero-order chi connectivity index (χ0) is 17.0. The summed E-state index contributed by atoms with van der Waals surface area (Å²) in [4.78, 5) is 25.8. The van der Waals surface area contributed by atoms with E-state index in [0.29, 0.717) is 12.0 Å². The summed E-state index contributed by atoms with van der Waals surface area (Å²) in [7, 11) is 0.151. The first-order valence-electron chi connectivity index (χ1n) is 7.44. The molecule has 7 heteroatoms. The van der Waals surface area contributed by atoms with E-state index in [-0.39, 0.29) is 29.8 Å². The zero-order valence-electron chi connectivity index (χ0n) is 13.3. The van der Waals surface area contributed by atoms with Crippen LogP contribution in [-0.4, -0.2) is 50.8 Å². The molecule has 0 N–H and O–H groups in total. The average Bonchev–Trinajstić information content (AvgIpc) is 2.83. The molecule has 1 aromatic carbocycles. The fourth-order valence-corrected chi connectivity index (χ4v) is 4.43. The maximum absolute atomic E-state index is 12.3. The quantitative estimate of drug-likeness (QED) is 0.753. The summed E-state index contributed by atoms with van der Waals surface area (Å²) in [5.41, 5.74) is 0.596. The van der Waals surface area contributed by atoms with Gasteiger partial charge in [-0.3, -0.25) is 9.59 Å². The molecule has 0 radical (unpaired) electrons. The van der Waals surface area contributed by atoms with Crippen LogP contribution in [-0.2, 0) is 24.2 Å². The predicted octanol–water partition coefficient (Wildman–Crippen LogP) is 1.18. The Kier molecular flexibility index (Phi) is 5.41. The Hall–Kier alpha value is -1.89. The van der Waals surface area contributed by atoms with Crippen LogP contribution in [0.15, 0.2) is 30.3 Å². The van der Waals surface area contributed by atoms with Gasteiger partial charge in [0.25, 0.3) is 5.91 Å². The van der Waals surface area contributed by atoms with Crippen LogP contribution in [0.1, 0.15) is 24.5 Å². The third kappa shape index (κ3) is 4.79. The minimum atomic E-state index is -3.03. The summed E-state index contributed by atoms with van der Waals surface area (Å²) < 4.78 is 28.3. The molecular formula is C16H21NO5S. The number of nitrogens with zero attached hydrogens (tertiary/aromatic N) is 1. The van der Waals surface area contributed by atoms with Gasteiger partial charge in [-0.2, -0.15) is 0 Å². The number of likely N-dealkylation sites (N-methyl/N-ethyl adjacent to an activating group) is 1. The second-order valence-electron chi connectivity index (χ2n) is 5.99. The molecule has 2 unspecified atom stereocenters. The third-order valence-corrected chi connectivity index (χ3v) is 5.64.